The predicted molar refractivity (Wildman–Crippen MR) is 136 cm³/mol. The number of benzene rings is 2. The summed E-state index contributed by atoms with van der Waals surface area (Å²) in [6.07, 6.45) is -18.1. The Hall–Kier alpha value is -4.04. The van der Waals surface area contributed by atoms with Crippen molar-refractivity contribution in [2.24, 2.45) is 0 Å². The molecule has 0 saturated carbocycles. The topological polar surface area (TPSA) is 51.7 Å². The molecule has 5 nitrogen and oxygen atoms in total. The molecule has 1 aromatic heterocycles. The standard InChI is InChI=1S/C29H24F10N2O3/c1-13(2)19-10-20(23(43-4)11-21(19)30)18-5-6-24(29(37,38)39)40-22(18)12-41-14(3)25(44-26(41)42)15-7-16(27(31,32)33)9-17(8-15)28(34,35)36/h5-11,13-14,25H,12H2,1-4H3/t14-,25-/m0/s1. The van der Waals surface area contributed by atoms with E-state index in [2.05, 4.69) is 4.98 Å². The van der Waals surface area contributed by atoms with E-state index in [-0.39, 0.29) is 40.1 Å². The number of cyclic esters (lactones) is 1. The van der Waals surface area contributed by atoms with Crippen LogP contribution in [0.2, 0.25) is 0 Å². The second kappa shape index (κ2) is 11.5. The number of carbonyl (C=O) groups is 1. The van der Waals surface area contributed by atoms with E-state index in [1.807, 2.05) is 0 Å². The number of pyridine rings is 1. The predicted octanol–water partition coefficient (Wildman–Crippen LogP) is 9.16. The highest BCUT2D eigenvalue weighted by molar-refractivity contribution is 5.75. The quantitative estimate of drug-likeness (QED) is 0.253. The summed E-state index contributed by atoms with van der Waals surface area (Å²) in [4.78, 5) is 17.4. The van der Waals surface area contributed by atoms with Crippen molar-refractivity contribution in [1.82, 2.24) is 9.88 Å². The van der Waals surface area contributed by atoms with E-state index in [4.69, 9.17) is 9.47 Å². The maximum atomic E-state index is 14.7. The summed E-state index contributed by atoms with van der Waals surface area (Å²) in [7, 11) is 1.21. The molecule has 3 aromatic rings. The van der Waals surface area contributed by atoms with E-state index in [1.165, 1.54) is 20.1 Å². The summed E-state index contributed by atoms with van der Waals surface area (Å²) < 4.78 is 147. The second-order valence-electron chi connectivity index (χ2n) is 10.4. The van der Waals surface area contributed by atoms with Crippen LogP contribution in [0.4, 0.5) is 48.7 Å². The zero-order valence-electron chi connectivity index (χ0n) is 23.4. The van der Waals surface area contributed by atoms with Crippen LogP contribution in [0.5, 0.6) is 5.75 Å². The molecule has 44 heavy (non-hydrogen) atoms. The van der Waals surface area contributed by atoms with E-state index < -0.39 is 71.5 Å². The molecule has 2 heterocycles. The minimum absolute atomic E-state index is 0.0126. The normalized spacial score (nSPS) is 17.8. The van der Waals surface area contributed by atoms with Crippen molar-refractivity contribution in [2.75, 3.05) is 7.11 Å². The average Bonchev–Trinajstić information content (AvgIpc) is 3.19. The third-order valence-corrected chi connectivity index (χ3v) is 7.15. The fourth-order valence-electron chi connectivity index (χ4n) is 4.88. The summed E-state index contributed by atoms with van der Waals surface area (Å²) >= 11 is 0. The van der Waals surface area contributed by atoms with E-state index in [9.17, 15) is 48.7 Å². The molecular formula is C29H24F10N2O3. The Morgan fingerprint density at radius 1 is 0.886 bits per heavy atom. The maximum absolute atomic E-state index is 14.7. The highest BCUT2D eigenvalue weighted by atomic mass is 19.4. The summed E-state index contributed by atoms with van der Waals surface area (Å²) in [6, 6.07) is 3.63. The smallest absolute Gasteiger partial charge is 0.433 e. The molecule has 0 aliphatic carbocycles. The third-order valence-electron chi connectivity index (χ3n) is 7.15. The SMILES string of the molecule is COc1cc(F)c(C(C)C)cc1-c1ccc(C(F)(F)F)nc1CN1C(=O)O[C@H](c2cc(C(F)(F)F)cc(C(F)(F)F)c2)[C@@H]1C. The number of alkyl halides is 9. The van der Waals surface area contributed by atoms with Gasteiger partial charge in [0, 0.05) is 17.2 Å². The van der Waals surface area contributed by atoms with Gasteiger partial charge in [-0.1, -0.05) is 19.9 Å². The van der Waals surface area contributed by atoms with Crippen LogP contribution in [-0.2, 0) is 29.8 Å². The number of ether oxygens (including phenoxy) is 2. The van der Waals surface area contributed by atoms with E-state index in [0.29, 0.717) is 18.2 Å². The molecule has 2 atom stereocenters. The van der Waals surface area contributed by atoms with Crippen LogP contribution in [0, 0.1) is 5.82 Å². The monoisotopic (exact) mass is 638 g/mol. The first-order valence-corrected chi connectivity index (χ1v) is 12.9. The number of aromatic nitrogens is 1. The number of rotatable bonds is 6. The lowest BCUT2D eigenvalue weighted by Gasteiger charge is -2.24. The van der Waals surface area contributed by atoms with E-state index in [1.54, 1.807) is 13.8 Å². The van der Waals surface area contributed by atoms with Gasteiger partial charge in [-0.15, -0.1) is 0 Å². The van der Waals surface area contributed by atoms with Gasteiger partial charge in [0.15, 0.2) is 0 Å². The largest absolute Gasteiger partial charge is 0.496 e. The Labute approximate surface area is 244 Å². The minimum Gasteiger partial charge on any atom is -0.496 e. The molecule has 1 aliphatic heterocycles. The molecular weight excluding hydrogens is 614 g/mol. The summed E-state index contributed by atoms with van der Waals surface area (Å²) in [5, 5.41) is 0. The van der Waals surface area contributed by atoms with Gasteiger partial charge in [0.1, 0.15) is 23.4 Å². The second-order valence-corrected chi connectivity index (χ2v) is 10.4. The lowest BCUT2D eigenvalue weighted by molar-refractivity contribution is -0.143. The van der Waals surface area contributed by atoms with Crippen LogP contribution in [0.3, 0.4) is 0 Å². The lowest BCUT2D eigenvalue weighted by atomic mass is 9.94. The van der Waals surface area contributed by atoms with Crippen LogP contribution in [0.15, 0.2) is 42.5 Å². The molecule has 4 rings (SSSR count). The van der Waals surface area contributed by atoms with Gasteiger partial charge in [-0.2, -0.15) is 39.5 Å². The number of nitrogens with zero attached hydrogens (tertiary/aromatic N) is 2. The number of carbonyl (C=O) groups excluding carboxylic acids is 1. The summed E-state index contributed by atoms with van der Waals surface area (Å²) in [5.41, 5.74) is -5.22. The third kappa shape index (κ3) is 6.55. The van der Waals surface area contributed by atoms with Crippen LogP contribution in [0.25, 0.3) is 11.1 Å². The Bertz CT molecular complexity index is 1530. The van der Waals surface area contributed by atoms with Gasteiger partial charge in [-0.3, -0.25) is 4.90 Å². The van der Waals surface area contributed by atoms with Crippen LogP contribution < -0.4 is 4.74 Å². The molecule has 1 aliphatic rings. The van der Waals surface area contributed by atoms with Crippen molar-refractivity contribution in [3.05, 3.63) is 81.9 Å². The molecule has 0 radical (unpaired) electrons. The highest BCUT2D eigenvalue weighted by Crippen LogP contribution is 2.43. The number of halogens is 10. The molecule has 0 spiro atoms. The van der Waals surface area contributed by atoms with Crippen LogP contribution >= 0.6 is 0 Å². The summed E-state index contributed by atoms with van der Waals surface area (Å²) in [6.45, 7) is 3.92. The first-order valence-electron chi connectivity index (χ1n) is 12.9. The molecule has 238 valence electrons. The molecule has 1 saturated heterocycles. The zero-order valence-corrected chi connectivity index (χ0v) is 23.4. The van der Waals surface area contributed by atoms with Gasteiger partial charge in [0.25, 0.3) is 0 Å². The van der Waals surface area contributed by atoms with Crippen molar-refractivity contribution < 1.29 is 58.2 Å². The zero-order chi connectivity index (χ0) is 32.9. The van der Waals surface area contributed by atoms with Crippen molar-refractivity contribution >= 4 is 6.09 Å². The lowest BCUT2D eigenvalue weighted by Crippen LogP contribution is -2.32. The van der Waals surface area contributed by atoms with Crippen molar-refractivity contribution in [2.45, 2.75) is 63.9 Å². The molecule has 2 aromatic carbocycles. The average molecular weight is 639 g/mol. The Morgan fingerprint density at radius 2 is 1.48 bits per heavy atom. The fraction of sp³-hybridized carbons (Fsp3) is 0.379. The summed E-state index contributed by atoms with van der Waals surface area (Å²) in [5.74, 6) is -1.05. The van der Waals surface area contributed by atoms with Crippen LogP contribution in [-0.4, -0.2) is 29.1 Å². The van der Waals surface area contributed by atoms with Gasteiger partial charge in [0.2, 0.25) is 0 Å². The van der Waals surface area contributed by atoms with Gasteiger partial charge in [0.05, 0.1) is 36.5 Å². The van der Waals surface area contributed by atoms with Gasteiger partial charge >= 0.3 is 24.6 Å². The molecule has 0 N–H and O–H groups in total. The number of amides is 1. The first kappa shape index (κ1) is 32.9. The number of hydrogen-bond donors (Lipinski definition) is 0. The Morgan fingerprint density at radius 3 is 1.98 bits per heavy atom. The fourth-order valence-corrected chi connectivity index (χ4v) is 4.88. The van der Waals surface area contributed by atoms with Gasteiger partial charge in [-0.05, 0) is 54.3 Å². The molecule has 15 heteroatoms. The minimum atomic E-state index is -5.17. The molecule has 1 fully saturated rings. The van der Waals surface area contributed by atoms with Gasteiger partial charge in [-0.25, -0.2) is 14.2 Å². The Kier molecular flexibility index (Phi) is 8.57. The number of hydrogen-bond acceptors (Lipinski definition) is 4. The maximum Gasteiger partial charge on any atom is 0.433 e. The molecule has 0 unspecified atom stereocenters. The van der Waals surface area contributed by atoms with E-state index in [0.717, 1.165) is 17.0 Å². The number of methoxy groups -OCH3 is 1. The van der Waals surface area contributed by atoms with Gasteiger partial charge < -0.3 is 9.47 Å². The Balaban J connectivity index is 1.81. The van der Waals surface area contributed by atoms with Crippen molar-refractivity contribution in [3.8, 4) is 16.9 Å². The van der Waals surface area contributed by atoms with Crippen molar-refractivity contribution in [3.63, 3.8) is 0 Å². The van der Waals surface area contributed by atoms with Crippen molar-refractivity contribution in [1.29, 1.82) is 0 Å². The molecule has 0 bridgehead atoms. The van der Waals surface area contributed by atoms with E-state index >= 15 is 0 Å². The molecule has 1 amide bonds. The van der Waals surface area contributed by atoms with Crippen LogP contribution in [0.1, 0.15) is 66.4 Å². The highest BCUT2D eigenvalue weighted by Gasteiger charge is 2.44. The first-order chi connectivity index (χ1) is 20.2.